The van der Waals surface area contributed by atoms with Crippen LogP contribution in [0.5, 0.6) is 0 Å². The molecule has 150 valence electrons. The van der Waals surface area contributed by atoms with Gasteiger partial charge in [0.05, 0.1) is 13.2 Å². The van der Waals surface area contributed by atoms with E-state index in [9.17, 15) is 9.59 Å². The Bertz CT molecular complexity index is 411. The number of unbranched alkanes of at least 4 members (excludes halogenated alkanes) is 4. The lowest BCUT2D eigenvalue weighted by molar-refractivity contribution is -0.162. The molecule has 0 bridgehead atoms. The van der Waals surface area contributed by atoms with E-state index in [0.29, 0.717) is 32.5 Å². The van der Waals surface area contributed by atoms with Crippen molar-refractivity contribution in [2.45, 2.75) is 71.5 Å². The summed E-state index contributed by atoms with van der Waals surface area (Å²) in [6, 6.07) is 0. The highest BCUT2D eigenvalue weighted by atomic mass is 16.7. The molecule has 0 saturated carbocycles. The van der Waals surface area contributed by atoms with E-state index in [1.54, 1.807) is 0 Å². The summed E-state index contributed by atoms with van der Waals surface area (Å²) < 4.78 is 20.4. The molecule has 0 atom stereocenters. The monoisotopic (exact) mass is 370 g/mol. The second-order valence-corrected chi connectivity index (χ2v) is 5.96. The molecule has 0 aliphatic carbocycles. The lowest BCUT2D eigenvalue weighted by Gasteiger charge is -2.15. The summed E-state index contributed by atoms with van der Waals surface area (Å²) in [6.07, 6.45) is 5.44. The van der Waals surface area contributed by atoms with Crippen LogP contribution >= 0.6 is 0 Å². The van der Waals surface area contributed by atoms with Crippen molar-refractivity contribution in [3.05, 3.63) is 0 Å². The molecule has 6 heteroatoms. The molecule has 0 unspecified atom stereocenters. The quantitative estimate of drug-likeness (QED) is 0.153. The molecule has 0 heterocycles. The van der Waals surface area contributed by atoms with Gasteiger partial charge in [-0.25, -0.2) is 0 Å². The van der Waals surface area contributed by atoms with Crippen LogP contribution in [0.3, 0.4) is 0 Å². The lowest BCUT2D eigenvalue weighted by Crippen LogP contribution is -2.28. The number of hydrogen-bond acceptors (Lipinski definition) is 6. The van der Waals surface area contributed by atoms with Crippen LogP contribution in [0.2, 0.25) is 0 Å². The second kappa shape index (κ2) is 16.9. The van der Waals surface area contributed by atoms with Gasteiger partial charge in [0.25, 0.3) is 0 Å². The predicted octanol–water partition coefficient (Wildman–Crippen LogP) is 3.47. The summed E-state index contributed by atoms with van der Waals surface area (Å²) >= 11 is 0. The molecule has 0 fully saturated rings. The highest BCUT2D eigenvalue weighted by molar-refractivity contribution is 5.94. The van der Waals surface area contributed by atoms with E-state index in [2.05, 4.69) is 11.8 Å². The fourth-order valence-corrected chi connectivity index (χ4v) is 2.10. The topological polar surface area (TPSA) is 71.1 Å². The van der Waals surface area contributed by atoms with Gasteiger partial charge in [0.2, 0.25) is 6.29 Å². The average molecular weight is 370 g/mol. The molecular formula is C20H34O6. The second-order valence-electron chi connectivity index (χ2n) is 5.96. The third-order valence-electron chi connectivity index (χ3n) is 3.75. The first-order chi connectivity index (χ1) is 12.6. The molecule has 0 amide bonds. The zero-order valence-electron chi connectivity index (χ0n) is 16.7. The molecule has 0 N–H and O–H groups in total. The number of carbonyl (C=O) groups is 2. The summed E-state index contributed by atoms with van der Waals surface area (Å²) in [4.78, 5) is 24.4. The Hall–Kier alpha value is -1.58. The van der Waals surface area contributed by atoms with Gasteiger partial charge in [0.15, 0.2) is 5.92 Å². The summed E-state index contributed by atoms with van der Waals surface area (Å²) in [6.45, 7) is 4.72. The zero-order chi connectivity index (χ0) is 19.6. The maximum Gasteiger partial charge on any atom is 0.320 e. The fraction of sp³-hybridized carbons (Fsp3) is 0.800. The summed E-state index contributed by atoms with van der Waals surface area (Å²) in [7, 11) is 3.06. The molecule has 0 radical (unpaired) electrons. The van der Waals surface area contributed by atoms with E-state index < -0.39 is 24.1 Å². The molecule has 0 spiro atoms. The SMILES string of the molecule is CCCCOC(=O)C(CCCCC#CC(OC)OC)C(=O)OCCCC. The maximum atomic E-state index is 12.2. The normalized spacial score (nSPS) is 10.5. The van der Waals surface area contributed by atoms with Gasteiger partial charge >= 0.3 is 11.9 Å². The van der Waals surface area contributed by atoms with Crippen LogP contribution in [0.1, 0.15) is 65.2 Å². The standard InChI is InChI=1S/C20H34O6/c1-5-7-15-25-19(21)17(20(22)26-16-8-6-2)13-11-9-10-12-14-18(23-3)24-4/h17-18H,5-11,13,15-16H2,1-4H3. The largest absolute Gasteiger partial charge is 0.465 e. The molecule has 6 nitrogen and oxygen atoms in total. The molecule has 0 aromatic carbocycles. The highest BCUT2D eigenvalue weighted by Gasteiger charge is 2.29. The number of hydrogen-bond donors (Lipinski definition) is 0. The molecule has 0 aromatic rings. The minimum Gasteiger partial charge on any atom is -0.465 e. The predicted molar refractivity (Wildman–Crippen MR) is 99.3 cm³/mol. The van der Waals surface area contributed by atoms with Gasteiger partial charge in [0.1, 0.15) is 0 Å². The fourth-order valence-electron chi connectivity index (χ4n) is 2.10. The first kappa shape index (κ1) is 24.4. The van der Waals surface area contributed by atoms with E-state index in [-0.39, 0.29) is 0 Å². The van der Waals surface area contributed by atoms with Gasteiger partial charge in [-0.2, -0.15) is 0 Å². The number of ether oxygens (including phenoxy) is 4. The lowest BCUT2D eigenvalue weighted by atomic mass is 10.0. The molecular weight excluding hydrogens is 336 g/mol. The van der Waals surface area contributed by atoms with Crippen LogP contribution in [0, 0.1) is 17.8 Å². The third-order valence-corrected chi connectivity index (χ3v) is 3.75. The summed E-state index contributed by atoms with van der Waals surface area (Å²) in [5.41, 5.74) is 0. The minimum absolute atomic E-state index is 0.342. The molecule has 0 aliphatic rings. The van der Waals surface area contributed by atoms with Gasteiger partial charge in [0, 0.05) is 20.6 Å². The van der Waals surface area contributed by atoms with Crippen molar-refractivity contribution in [1.29, 1.82) is 0 Å². The Balaban J connectivity index is 4.41. The van der Waals surface area contributed by atoms with Gasteiger partial charge in [-0.15, -0.1) is 0 Å². The Morgan fingerprint density at radius 2 is 1.38 bits per heavy atom. The first-order valence-corrected chi connectivity index (χ1v) is 9.47. The van der Waals surface area contributed by atoms with E-state index in [1.165, 1.54) is 14.2 Å². The average Bonchev–Trinajstić information content (AvgIpc) is 2.64. The molecule has 0 rings (SSSR count). The van der Waals surface area contributed by atoms with Crippen molar-refractivity contribution in [3.8, 4) is 11.8 Å². The molecule has 0 aliphatic heterocycles. The van der Waals surface area contributed by atoms with E-state index in [4.69, 9.17) is 18.9 Å². The van der Waals surface area contributed by atoms with Crippen molar-refractivity contribution in [2.24, 2.45) is 5.92 Å². The van der Waals surface area contributed by atoms with Crippen LogP contribution in [-0.2, 0) is 28.5 Å². The maximum absolute atomic E-state index is 12.2. The number of rotatable bonds is 14. The van der Waals surface area contributed by atoms with Crippen molar-refractivity contribution in [2.75, 3.05) is 27.4 Å². The van der Waals surface area contributed by atoms with Crippen molar-refractivity contribution >= 4 is 11.9 Å². The Labute approximate surface area is 157 Å². The number of methoxy groups -OCH3 is 2. The van der Waals surface area contributed by atoms with Crippen LogP contribution in [0.25, 0.3) is 0 Å². The minimum atomic E-state index is -0.845. The van der Waals surface area contributed by atoms with Crippen molar-refractivity contribution in [1.82, 2.24) is 0 Å². The van der Waals surface area contributed by atoms with Crippen molar-refractivity contribution < 1.29 is 28.5 Å². The molecule has 0 aromatic heterocycles. The van der Waals surface area contributed by atoms with Gasteiger partial charge in [-0.05, 0) is 31.6 Å². The summed E-state index contributed by atoms with van der Waals surface area (Å²) in [5, 5.41) is 0. The number of esters is 2. The smallest absolute Gasteiger partial charge is 0.320 e. The molecule has 0 saturated heterocycles. The van der Waals surface area contributed by atoms with Crippen molar-refractivity contribution in [3.63, 3.8) is 0 Å². The highest BCUT2D eigenvalue weighted by Crippen LogP contribution is 2.15. The Morgan fingerprint density at radius 3 is 1.85 bits per heavy atom. The number of carbonyl (C=O) groups excluding carboxylic acids is 2. The van der Waals surface area contributed by atoms with Gasteiger partial charge < -0.3 is 18.9 Å². The Kier molecular flexibility index (Phi) is 15.8. The first-order valence-electron chi connectivity index (χ1n) is 9.47. The van der Waals surface area contributed by atoms with Crippen LogP contribution in [-0.4, -0.2) is 45.7 Å². The Morgan fingerprint density at radius 1 is 0.846 bits per heavy atom. The van der Waals surface area contributed by atoms with E-state index >= 15 is 0 Å². The van der Waals surface area contributed by atoms with Crippen LogP contribution in [0.15, 0.2) is 0 Å². The van der Waals surface area contributed by atoms with Crippen LogP contribution in [0.4, 0.5) is 0 Å². The van der Waals surface area contributed by atoms with E-state index in [0.717, 1.165) is 32.1 Å². The molecule has 26 heavy (non-hydrogen) atoms. The van der Waals surface area contributed by atoms with Gasteiger partial charge in [-0.3, -0.25) is 9.59 Å². The van der Waals surface area contributed by atoms with E-state index in [1.807, 2.05) is 13.8 Å². The zero-order valence-corrected chi connectivity index (χ0v) is 16.7. The third kappa shape index (κ3) is 11.9. The van der Waals surface area contributed by atoms with Gasteiger partial charge in [-0.1, -0.05) is 39.0 Å². The summed E-state index contributed by atoms with van der Waals surface area (Å²) in [5.74, 6) is 4.01. The van der Waals surface area contributed by atoms with Crippen LogP contribution < -0.4 is 0 Å².